The van der Waals surface area contributed by atoms with E-state index in [9.17, 15) is 9.59 Å². The van der Waals surface area contributed by atoms with Crippen LogP contribution < -0.4 is 5.32 Å². The van der Waals surface area contributed by atoms with Crippen molar-refractivity contribution in [3.8, 4) is 5.82 Å². The Morgan fingerprint density at radius 1 is 1.19 bits per heavy atom. The summed E-state index contributed by atoms with van der Waals surface area (Å²) in [5.74, 6) is 1.62. The Morgan fingerprint density at radius 2 is 1.93 bits per heavy atom. The quantitative estimate of drug-likeness (QED) is 0.878. The summed E-state index contributed by atoms with van der Waals surface area (Å²) in [5.41, 5.74) is 1.09. The molecule has 0 spiro atoms. The highest BCUT2D eigenvalue weighted by Crippen LogP contribution is 2.22. The van der Waals surface area contributed by atoms with Gasteiger partial charge in [0.1, 0.15) is 17.8 Å². The molecular formula is C20H27N5O2. The topological polar surface area (TPSA) is 80.1 Å². The Balaban J connectivity index is 1.68. The average molecular weight is 369 g/mol. The van der Waals surface area contributed by atoms with E-state index in [2.05, 4.69) is 29.1 Å². The molecule has 1 N–H and O–H groups in total. The maximum Gasteiger partial charge on any atom is 0.274 e. The van der Waals surface area contributed by atoms with E-state index in [4.69, 9.17) is 0 Å². The van der Waals surface area contributed by atoms with Gasteiger partial charge in [-0.15, -0.1) is 0 Å². The molecule has 2 atom stereocenters. The molecule has 1 aliphatic heterocycles. The van der Waals surface area contributed by atoms with Crippen molar-refractivity contribution >= 4 is 17.5 Å². The summed E-state index contributed by atoms with van der Waals surface area (Å²) < 4.78 is 1.72. The summed E-state index contributed by atoms with van der Waals surface area (Å²) in [6.45, 7) is 7.88. The smallest absolute Gasteiger partial charge is 0.274 e. The largest absolute Gasteiger partial charge is 0.337 e. The molecule has 2 aromatic heterocycles. The summed E-state index contributed by atoms with van der Waals surface area (Å²) in [5, 5.41) is 2.81. The number of nitrogens with one attached hydrogen (secondary N) is 1. The van der Waals surface area contributed by atoms with Crippen LogP contribution in [0.4, 0.5) is 5.69 Å². The monoisotopic (exact) mass is 369 g/mol. The van der Waals surface area contributed by atoms with Crippen molar-refractivity contribution in [3.05, 3.63) is 36.5 Å². The first-order valence-electron chi connectivity index (χ1n) is 9.55. The first kappa shape index (κ1) is 19.1. The van der Waals surface area contributed by atoms with E-state index in [1.807, 2.05) is 11.8 Å². The first-order chi connectivity index (χ1) is 13.0. The maximum atomic E-state index is 12.8. The number of pyridine rings is 1. The molecule has 7 heteroatoms. The second kappa shape index (κ2) is 8.33. The molecule has 2 unspecified atom stereocenters. The molecule has 27 heavy (non-hydrogen) atoms. The Morgan fingerprint density at radius 3 is 2.56 bits per heavy atom. The minimum atomic E-state index is -0.0319. The predicted octanol–water partition coefficient (Wildman–Crippen LogP) is 3.12. The molecule has 0 bridgehead atoms. The molecular weight excluding hydrogens is 342 g/mol. The van der Waals surface area contributed by atoms with Crippen molar-refractivity contribution < 1.29 is 9.59 Å². The van der Waals surface area contributed by atoms with Gasteiger partial charge in [0.25, 0.3) is 5.91 Å². The number of rotatable bonds is 5. The van der Waals surface area contributed by atoms with Crippen molar-refractivity contribution in [3.63, 3.8) is 0 Å². The minimum Gasteiger partial charge on any atom is -0.337 e. The summed E-state index contributed by atoms with van der Waals surface area (Å²) in [6.07, 6.45) is 7.37. The average Bonchev–Trinajstić information content (AvgIpc) is 3.11. The highest BCUT2D eigenvalue weighted by molar-refractivity contribution is 5.92. The number of piperidine rings is 1. The number of hydrogen-bond acceptors (Lipinski definition) is 4. The lowest BCUT2D eigenvalue weighted by Gasteiger charge is -2.34. The number of carbonyl (C=O) groups is 2. The Hall–Kier alpha value is -2.70. The molecule has 7 nitrogen and oxygen atoms in total. The van der Waals surface area contributed by atoms with Gasteiger partial charge in [-0.3, -0.25) is 14.2 Å². The van der Waals surface area contributed by atoms with Gasteiger partial charge < -0.3 is 10.2 Å². The second-order valence-corrected chi connectivity index (χ2v) is 7.53. The number of likely N-dealkylation sites (tertiary alicyclic amines) is 1. The number of carbonyl (C=O) groups excluding carboxylic acids is 2. The zero-order valence-corrected chi connectivity index (χ0v) is 16.2. The highest BCUT2D eigenvalue weighted by Gasteiger charge is 2.27. The van der Waals surface area contributed by atoms with Crippen LogP contribution in [0.25, 0.3) is 5.82 Å². The van der Waals surface area contributed by atoms with Gasteiger partial charge in [-0.2, -0.15) is 0 Å². The van der Waals surface area contributed by atoms with Gasteiger partial charge in [-0.1, -0.05) is 20.8 Å². The zero-order valence-electron chi connectivity index (χ0n) is 16.2. The first-order valence-corrected chi connectivity index (χ1v) is 9.55. The van der Waals surface area contributed by atoms with E-state index in [-0.39, 0.29) is 11.8 Å². The van der Waals surface area contributed by atoms with Gasteiger partial charge in [0.05, 0.1) is 11.9 Å². The van der Waals surface area contributed by atoms with E-state index >= 15 is 0 Å². The molecule has 0 radical (unpaired) electrons. The molecule has 1 saturated heterocycles. The Bertz CT molecular complexity index is 789. The minimum absolute atomic E-state index is 0.0208. The summed E-state index contributed by atoms with van der Waals surface area (Å²) in [7, 11) is 0. The molecule has 2 amide bonds. The number of imidazole rings is 1. The molecule has 1 fully saturated rings. The van der Waals surface area contributed by atoms with E-state index < -0.39 is 0 Å². The molecule has 0 saturated carbocycles. The van der Waals surface area contributed by atoms with Crippen molar-refractivity contribution in [1.82, 2.24) is 19.4 Å². The van der Waals surface area contributed by atoms with Gasteiger partial charge in [0.15, 0.2) is 0 Å². The highest BCUT2D eigenvalue weighted by atomic mass is 16.2. The van der Waals surface area contributed by atoms with Crippen molar-refractivity contribution in [2.45, 2.75) is 40.0 Å². The van der Waals surface area contributed by atoms with Gasteiger partial charge in [0.2, 0.25) is 5.91 Å². The fourth-order valence-electron chi connectivity index (χ4n) is 3.61. The van der Waals surface area contributed by atoms with Crippen LogP contribution in [-0.2, 0) is 4.79 Å². The number of amides is 2. The van der Waals surface area contributed by atoms with E-state index in [0.29, 0.717) is 35.5 Å². The van der Waals surface area contributed by atoms with Crippen LogP contribution in [0.5, 0.6) is 0 Å². The molecule has 3 heterocycles. The van der Waals surface area contributed by atoms with Crippen LogP contribution in [-0.4, -0.2) is 44.3 Å². The van der Waals surface area contributed by atoms with Crippen LogP contribution >= 0.6 is 0 Å². The van der Waals surface area contributed by atoms with Crippen LogP contribution in [0.1, 0.15) is 50.5 Å². The molecule has 0 aliphatic carbocycles. The molecule has 1 aliphatic rings. The van der Waals surface area contributed by atoms with E-state index in [1.165, 1.54) is 0 Å². The van der Waals surface area contributed by atoms with Gasteiger partial charge in [-0.05, 0) is 36.8 Å². The maximum absolute atomic E-state index is 12.8. The van der Waals surface area contributed by atoms with Crippen molar-refractivity contribution in [2.24, 2.45) is 11.8 Å². The molecule has 3 rings (SSSR count). The number of hydrogen-bond donors (Lipinski definition) is 1. The third-order valence-electron chi connectivity index (χ3n) is 4.73. The van der Waals surface area contributed by atoms with Crippen LogP contribution in [0, 0.1) is 11.8 Å². The summed E-state index contributed by atoms with van der Waals surface area (Å²) >= 11 is 0. The van der Waals surface area contributed by atoms with Crippen molar-refractivity contribution in [2.75, 3.05) is 18.4 Å². The SMILES string of the molecule is CCCC(=O)Nc1ccc(-n2cnc(C(=O)N3CC(C)CC(C)C3)c2)nc1. The normalized spacial score (nSPS) is 19.7. The molecule has 144 valence electrons. The Labute approximate surface area is 159 Å². The number of anilines is 1. The summed E-state index contributed by atoms with van der Waals surface area (Å²) in [6, 6.07) is 3.59. The van der Waals surface area contributed by atoms with Crippen LogP contribution in [0.15, 0.2) is 30.9 Å². The molecule has 0 aromatic carbocycles. The van der Waals surface area contributed by atoms with E-state index in [1.54, 1.807) is 35.4 Å². The lowest BCUT2D eigenvalue weighted by Crippen LogP contribution is -2.42. The predicted molar refractivity (Wildman–Crippen MR) is 104 cm³/mol. The zero-order chi connectivity index (χ0) is 19.4. The van der Waals surface area contributed by atoms with E-state index in [0.717, 1.165) is 25.9 Å². The van der Waals surface area contributed by atoms with Gasteiger partial charge in [0, 0.05) is 25.7 Å². The lowest BCUT2D eigenvalue weighted by molar-refractivity contribution is -0.116. The third kappa shape index (κ3) is 4.72. The lowest BCUT2D eigenvalue weighted by atomic mass is 9.92. The van der Waals surface area contributed by atoms with Gasteiger partial charge >= 0.3 is 0 Å². The fourth-order valence-corrected chi connectivity index (χ4v) is 3.61. The Kier molecular flexibility index (Phi) is 5.88. The fraction of sp³-hybridized carbons (Fsp3) is 0.500. The standard InChI is InChI=1S/C20H27N5O2/c1-4-5-19(26)23-16-6-7-18(21-9-16)25-12-17(22-13-25)20(27)24-10-14(2)8-15(3)11-24/h6-7,9,12-15H,4-5,8,10-11H2,1-3H3,(H,23,26). The molecule has 2 aromatic rings. The number of aromatic nitrogens is 3. The van der Waals surface area contributed by atoms with Crippen molar-refractivity contribution in [1.29, 1.82) is 0 Å². The van der Waals surface area contributed by atoms with Gasteiger partial charge in [-0.25, -0.2) is 9.97 Å². The summed E-state index contributed by atoms with van der Waals surface area (Å²) in [4.78, 5) is 34.9. The number of nitrogens with zero attached hydrogens (tertiary/aromatic N) is 4. The van der Waals surface area contributed by atoms with Crippen LogP contribution in [0.3, 0.4) is 0 Å². The van der Waals surface area contributed by atoms with Crippen LogP contribution in [0.2, 0.25) is 0 Å². The second-order valence-electron chi connectivity index (χ2n) is 7.53. The third-order valence-corrected chi connectivity index (χ3v) is 4.73.